The van der Waals surface area contributed by atoms with Gasteiger partial charge in [-0.25, -0.2) is 19.9 Å². The van der Waals surface area contributed by atoms with E-state index in [0.29, 0.717) is 31.5 Å². The summed E-state index contributed by atoms with van der Waals surface area (Å²) in [6, 6.07) is 9.06. The van der Waals surface area contributed by atoms with Gasteiger partial charge in [-0.1, -0.05) is 38.1 Å². The lowest BCUT2D eigenvalue weighted by molar-refractivity contribution is -0.141. The van der Waals surface area contributed by atoms with Gasteiger partial charge in [-0.05, 0) is 17.5 Å². The monoisotopic (exact) mass is 455 g/mol. The fourth-order valence-electron chi connectivity index (χ4n) is 4.30. The highest BCUT2D eigenvalue weighted by Gasteiger charge is 2.36. The van der Waals surface area contributed by atoms with E-state index in [1.165, 1.54) is 5.56 Å². The summed E-state index contributed by atoms with van der Waals surface area (Å²) in [4.78, 5) is 21.1. The summed E-state index contributed by atoms with van der Waals surface area (Å²) in [5.74, 6) is 2.30. The Kier molecular flexibility index (Phi) is 5.30. The molecule has 2 aliphatic heterocycles. The lowest BCUT2D eigenvalue weighted by Crippen LogP contribution is -2.52. The standard InChI is InChI=1S/C23H24F3N7/c1-14(2)16-5-3-4-6-17(16)20-28-9-18-21(31-20)33(13-29-18)12-15-10-32(11-15)22-27-8-7-19(30-22)23(24,25)26/h3-9,14-15,29H,10-13H2,1-2H3. The summed E-state index contributed by atoms with van der Waals surface area (Å²) in [6.45, 7) is 6.85. The number of benzene rings is 1. The molecule has 7 nitrogen and oxygen atoms in total. The summed E-state index contributed by atoms with van der Waals surface area (Å²) in [5.41, 5.74) is 2.20. The van der Waals surface area contributed by atoms with Crippen molar-refractivity contribution in [2.75, 3.05) is 41.4 Å². The number of alkyl halides is 3. The number of hydrogen-bond acceptors (Lipinski definition) is 7. The van der Waals surface area contributed by atoms with Crippen LogP contribution >= 0.6 is 0 Å². The Morgan fingerprint density at radius 3 is 2.64 bits per heavy atom. The number of nitrogens with one attached hydrogen (secondary N) is 1. The van der Waals surface area contributed by atoms with Crippen LogP contribution in [0.25, 0.3) is 11.4 Å². The fraction of sp³-hybridized carbons (Fsp3) is 0.391. The molecule has 0 aliphatic carbocycles. The molecule has 0 radical (unpaired) electrons. The normalized spacial score (nSPS) is 16.1. The van der Waals surface area contributed by atoms with Crippen LogP contribution in [0.3, 0.4) is 0 Å². The molecule has 33 heavy (non-hydrogen) atoms. The zero-order valence-electron chi connectivity index (χ0n) is 18.3. The number of rotatable bonds is 5. The number of nitrogens with zero attached hydrogens (tertiary/aromatic N) is 6. The van der Waals surface area contributed by atoms with Crippen molar-refractivity contribution in [2.45, 2.75) is 25.9 Å². The van der Waals surface area contributed by atoms with Gasteiger partial charge in [-0.3, -0.25) is 0 Å². The van der Waals surface area contributed by atoms with E-state index >= 15 is 0 Å². The predicted octanol–water partition coefficient (Wildman–Crippen LogP) is 4.40. The van der Waals surface area contributed by atoms with Gasteiger partial charge in [0.2, 0.25) is 5.95 Å². The zero-order chi connectivity index (χ0) is 23.2. The highest BCUT2D eigenvalue weighted by atomic mass is 19.4. The van der Waals surface area contributed by atoms with Crippen LogP contribution in [-0.4, -0.2) is 46.2 Å². The van der Waals surface area contributed by atoms with Gasteiger partial charge in [0.15, 0.2) is 11.6 Å². The van der Waals surface area contributed by atoms with E-state index in [1.807, 2.05) is 24.4 Å². The molecule has 0 unspecified atom stereocenters. The Hall–Kier alpha value is -3.43. The van der Waals surface area contributed by atoms with Crippen molar-refractivity contribution in [3.8, 4) is 11.4 Å². The second kappa shape index (κ2) is 8.17. The average Bonchev–Trinajstić information content (AvgIpc) is 3.17. The van der Waals surface area contributed by atoms with E-state index < -0.39 is 11.9 Å². The predicted molar refractivity (Wildman–Crippen MR) is 120 cm³/mol. The van der Waals surface area contributed by atoms with E-state index in [0.717, 1.165) is 35.9 Å². The number of halogens is 3. The third-order valence-electron chi connectivity index (χ3n) is 6.00. The molecule has 0 amide bonds. The number of aromatic nitrogens is 4. The van der Waals surface area contributed by atoms with Gasteiger partial charge in [0.25, 0.3) is 0 Å². The van der Waals surface area contributed by atoms with Gasteiger partial charge in [0.1, 0.15) is 5.69 Å². The molecule has 1 N–H and O–H groups in total. The number of hydrogen-bond donors (Lipinski definition) is 1. The number of fused-ring (bicyclic) bond motifs is 1. The van der Waals surface area contributed by atoms with E-state index in [-0.39, 0.29) is 11.9 Å². The van der Waals surface area contributed by atoms with Crippen molar-refractivity contribution < 1.29 is 13.2 Å². The Morgan fingerprint density at radius 2 is 1.88 bits per heavy atom. The van der Waals surface area contributed by atoms with Crippen LogP contribution in [0.2, 0.25) is 0 Å². The third-order valence-corrected chi connectivity index (χ3v) is 6.00. The second-order valence-corrected chi connectivity index (χ2v) is 8.74. The van der Waals surface area contributed by atoms with E-state index in [1.54, 1.807) is 4.90 Å². The lowest BCUT2D eigenvalue weighted by Gasteiger charge is -2.41. The van der Waals surface area contributed by atoms with Gasteiger partial charge in [0, 0.05) is 37.3 Å². The molecule has 3 aromatic rings. The molecule has 1 saturated heterocycles. The zero-order valence-corrected chi connectivity index (χ0v) is 18.3. The van der Waals surface area contributed by atoms with Crippen LogP contribution < -0.4 is 15.1 Å². The minimum Gasteiger partial charge on any atom is -0.363 e. The Balaban J connectivity index is 1.29. The van der Waals surface area contributed by atoms with Crippen molar-refractivity contribution >= 4 is 17.5 Å². The van der Waals surface area contributed by atoms with Crippen molar-refractivity contribution in [1.29, 1.82) is 0 Å². The van der Waals surface area contributed by atoms with Gasteiger partial charge < -0.3 is 15.1 Å². The first kappa shape index (κ1) is 21.4. The van der Waals surface area contributed by atoms with E-state index in [2.05, 4.69) is 45.1 Å². The molecule has 172 valence electrons. The lowest BCUT2D eigenvalue weighted by atomic mass is 9.97. The molecule has 2 aliphatic rings. The molecule has 1 aromatic carbocycles. The Bertz CT molecular complexity index is 1160. The van der Waals surface area contributed by atoms with Crippen molar-refractivity contribution in [2.24, 2.45) is 5.92 Å². The Labute approximate surface area is 189 Å². The quantitative estimate of drug-likeness (QED) is 0.611. The van der Waals surface area contributed by atoms with E-state index in [9.17, 15) is 13.2 Å². The van der Waals surface area contributed by atoms with Gasteiger partial charge >= 0.3 is 6.18 Å². The van der Waals surface area contributed by atoms with Gasteiger partial charge in [-0.2, -0.15) is 13.2 Å². The fourth-order valence-corrected chi connectivity index (χ4v) is 4.30. The number of anilines is 3. The third kappa shape index (κ3) is 4.17. The van der Waals surface area contributed by atoms with E-state index in [4.69, 9.17) is 4.98 Å². The second-order valence-electron chi connectivity index (χ2n) is 8.74. The molecule has 5 rings (SSSR count). The summed E-state index contributed by atoms with van der Waals surface area (Å²) in [5, 5.41) is 3.32. The molecule has 0 saturated carbocycles. The minimum atomic E-state index is -4.47. The minimum absolute atomic E-state index is 0.121. The van der Waals surface area contributed by atoms with Crippen LogP contribution in [0.5, 0.6) is 0 Å². The molecule has 4 heterocycles. The maximum absolute atomic E-state index is 12.9. The summed E-state index contributed by atoms with van der Waals surface area (Å²) >= 11 is 0. The maximum atomic E-state index is 12.9. The molecule has 2 aromatic heterocycles. The first-order valence-corrected chi connectivity index (χ1v) is 10.9. The van der Waals surface area contributed by atoms with Crippen LogP contribution in [0.1, 0.15) is 31.0 Å². The van der Waals surface area contributed by atoms with Crippen molar-refractivity contribution in [3.63, 3.8) is 0 Å². The molecule has 0 atom stereocenters. The SMILES string of the molecule is CC(C)c1ccccc1-c1ncc2c(n1)N(CC1CN(c3nccc(C(F)(F)F)n3)C1)CN2. The van der Waals surface area contributed by atoms with Crippen LogP contribution in [-0.2, 0) is 6.18 Å². The maximum Gasteiger partial charge on any atom is 0.433 e. The van der Waals surface area contributed by atoms with Crippen LogP contribution in [0.4, 0.5) is 30.6 Å². The summed E-state index contributed by atoms with van der Waals surface area (Å²) in [7, 11) is 0. The van der Waals surface area contributed by atoms with Crippen molar-refractivity contribution in [3.05, 3.63) is 54.0 Å². The largest absolute Gasteiger partial charge is 0.433 e. The smallest absolute Gasteiger partial charge is 0.363 e. The summed E-state index contributed by atoms with van der Waals surface area (Å²) < 4.78 is 38.8. The van der Waals surface area contributed by atoms with Gasteiger partial charge in [-0.15, -0.1) is 0 Å². The highest BCUT2D eigenvalue weighted by Crippen LogP contribution is 2.35. The topological polar surface area (TPSA) is 70.1 Å². The van der Waals surface area contributed by atoms with Crippen LogP contribution in [0.15, 0.2) is 42.7 Å². The Morgan fingerprint density at radius 1 is 1.09 bits per heavy atom. The van der Waals surface area contributed by atoms with Crippen LogP contribution in [0, 0.1) is 5.92 Å². The molecular formula is C23H24F3N7. The molecular weight excluding hydrogens is 431 g/mol. The first-order valence-electron chi connectivity index (χ1n) is 10.9. The molecule has 10 heteroatoms. The van der Waals surface area contributed by atoms with Crippen molar-refractivity contribution in [1.82, 2.24) is 19.9 Å². The molecule has 0 bridgehead atoms. The first-order chi connectivity index (χ1) is 15.8. The summed E-state index contributed by atoms with van der Waals surface area (Å²) in [6.07, 6.45) is -1.50. The van der Waals surface area contributed by atoms with Gasteiger partial charge in [0.05, 0.1) is 18.6 Å². The molecule has 1 fully saturated rings. The molecule has 0 spiro atoms. The highest BCUT2D eigenvalue weighted by molar-refractivity contribution is 5.73. The average molecular weight is 455 g/mol.